The second-order valence-electron chi connectivity index (χ2n) is 4.98. The highest BCUT2D eigenvalue weighted by atomic mass is 32.2. The first kappa shape index (κ1) is 15.8. The van der Waals surface area contributed by atoms with Crippen molar-refractivity contribution in [1.29, 1.82) is 0 Å². The van der Waals surface area contributed by atoms with Crippen LogP contribution < -0.4 is 10.0 Å². The minimum Gasteiger partial charge on any atom is -0.314 e. The van der Waals surface area contributed by atoms with Gasteiger partial charge in [-0.2, -0.15) is 12.7 Å². The van der Waals surface area contributed by atoms with E-state index in [1.165, 1.54) is 28.5 Å². The maximum Gasteiger partial charge on any atom is 0.279 e. The highest BCUT2D eigenvalue weighted by Gasteiger charge is 2.20. The average molecular weight is 318 g/mol. The zero-order valence-corrected chi connectivity index (χ0v) is 13.3. The number of hydrogen-bond acceptors (Lipinski definition) is 5. The van der Waals surface area contributed by atoms with E-state index in [1.54, 1.807) is 13.2 Å². The van der Waals surface area contributed by atoms with Gasteiger partial charge in [0.05, 0.1) is 5.01 Å². The van der Waals surface area contributed by atoms with Gasteiger partial charge >= 0.3 is 0 Å². The maximum atomic E-state index is 12.0. The minimum absolute atomic E-state index is 0.389. The Kier molecular flexibility index (Phi) is 5.91. The molecule has 1 aliphatic rings. The highest BCUT2D eigenvalue weighted by molar-refractivity contribution is 7.87. The van der Waals surface area contributed by atoms with Crippen LogP contribution in [-0.2, 0) is 16.6 Å². The maximum absolute atomic E-state index is 12.0. The van der Waals surface area contributed by atoms with Crippen LogP contribution in [0, 0.1) is 0 Å². The van der Waals surface area contributed by atoms with Gasteiger partial charge in [-0.3, -0.25) is 0 Å². The molecular weight excluding hydrogens is 296 g/mol. The molecule has 0 spiro atoms. The molecule has 2 rings (SSSR count). The Labute approximate surface area is 124 Å². The fraction of sp³-hybridized carbons (Fsp3) is 0.750. The van der Waals surface area contributed by atoms with Gasteiger partial charge in [0.25, 0.3) is 10.2 Å². The van der Waals surface area contributed by atoms with E-state index in [2.05, 4.69) is 15.0 Å². The molecule has 1 aliphatic carbocycles. The average Bonchev–Trinajstić information content (AvgIpc) is 3.09. The van der Waals surface area contributed by atoms with Gasteiger partial charge in [0.15, 0.2) is 0 Å². The second-order valence-corrected chi connectivity index (χ2v) is 7.82. The first-order valence-corrected chi connectivity index (χ1v) is 9.22. The Morgan fingerprint density at radius 3 is 2.90 bits per heavy atom. The molecule has 2 N–H and O–H groups in total. The van der Waals surface area contributed by atoms with Gasteiger partial charge in [0, 0.05) is 44.2 Å². The van der Waals surface area contributed by atoms with Crippen molar-refractivity contribution in [2.24, 2.45) is 0 Å². The van der Waals surface area contributed by atoms with Crippen LogP contribution in [0.15, 0.2) is 11.6 Å². The summed E-state index contributed by atoms with van der Waals surface area (Å²) in [7, 11) is -1.75. The molecule has 0 unspecified atom stereocenters. The van der Waals surface area contributed by atoms with Gasteiger partial charge in [-0.05, 0) is 25.8 Å². The summed E-state index contributed by atoms with van der Waals surface area (Å²) in [6, 6.07) is 0.674. The van der Waals surface area contributed by atoms with Crippen molar-refractivity contribution in [3.8, 4) is 0 Å². The second kappa shape index (κ2) is 7.46. The van der Waals surface area contributed by atoms with Crippen LogP contribution in [0.25, 0.3) is 0 Å². The predicted octanol–water partition coefficient (Wildman–Crippen LogP) is 0.594. The first-order valence-electron chi connectivity index (χ1n) is 6.90. The predicted molar refractivity (Wildman–Crippen MR) is 81.0 cm³/mol. The molecule has 1 heterocycles. The Bertz CT molecular complexity index is 486. The molecule has 1 aromatic heterocycles. The van der Waals surface area contributed by atoms with Gasteiger partial charge in [0.2, 0.25) is 0 Å². The molecule has 0 bridgehead atoms. The number of nitrogens with one attached hydrogen (secondary N) is 2. The molecule has 6 nitrogen and oxygen atoms in total. The minimum atomic E-state index is -3.37. The zero-order valence-electron chi connectivity index (χ0n) is 11.7. The lowest BCUT2D eigenvalue weighted by atomic mass is 10.4. The van der Waals surface area contributed by atoms with Crippen LogP contribution in [0.4, 0.5) is 0 Å². The first-order chi connectivity index (χ1) is 9.58. The van der Waals surface area contributed by atoms with E-state index >= 15 is 0 Å². The van der Waals surface area contributed by atoms with Crippen LogP contribution in [0.5, 0.6) is 0 Å². The Balaban J connectivity index is 1.62. The molecule has 0 saturated heterocycles. The molecule has 1 saturated carbocycles. The van der Waals surface area contributed by atoms with E-state index in [1.807, 2.05) is 5.38 Å². The van der Waals surface area contributed by atoms with Gasteiger partial charge in [-0.15, -0.1) is 11.3 Å². The normalized spacial score (nSPS) is 15.9. The van der Waals surface area contributed by atoms with E-state index in [-0.39, 0.29) is 0 Å². The number of hydrogen-bond donors (Lipinski definition) is 2. The fourth-order valence-corrected chi connectivity index (χ4v) is 3.36. The summed E-state index contributed by atoms with van der Waals surface area (Å²) in [6.07, 6.45) is 5.71. The van der Waals surface area contributed by atoms with Crippen molar-refractivity contribution >= 4 is 21.5 Å². The summed E-state index contributed by atoms with van der Waals surface area (Å²) >= 11 is 1.54. The molecule has 114 valence electrons. The number of aromatic nitrogens is 1. The van der Waals surface area contributed by atoms with E-state index in [0.717, 1.165) is 18.0 Å². The third kappa shape index (κ3) is 5.45. The lowest BCUT2D eigenvalue weighted by molar-refractivity contribution is 0.444. The largest absolute Gasteiger partial charge is 0.314 e. The Morgan fingerprint density at radius 2 is 2.25 bits per heavy atom. The topological polar surface area (TPSA) is 74.3 Å². The summed E-state index contributed by atoms with van der Waals surface area (Å²) in [4.78, 5) is 4.13. The van der Waals surface area contributed by atoms with Gasteiger partial charge < -0.3 is 5.32 Å². The monoisotopic (exact) mass is 318 g/mol. The molecular formula is C12H22N4O2S2. The lowest BCUT2D eigenvalue weighted by Gasteiger charge is -2.17. The van der Waals surface area contributed by atoms with E-state index in [4.69, 9.17) is 0 Å². The van der Waals surface area contributed by atoms with E-state index in [0.29, 0.717) is 25.6 Å². The standard InChI is InChI=1S/C12H22N4O2S2/c1-16(9-2-6-13-11-3-4-11)20(17,18)15-7-5-12-14-8-10-19-12/h8,10-11,13,15H,2-7,9H2,1H3. The lowest BCUT2D eigenvalue weighted by Crippen LogP contribution is -2.40. The molecule has 0 radical (unpaired) electrons. The molecule has 0 aromatic carbocycles. The number of nitrogens with zero attached hydrogens (tertiary/aromatic N) is 2. The number of thiazole rings is 1. The van der Waals surface area contributed by atoms with Crippen molar-refractivity contribution in [3.63, 3.8) is 0 Å². The Morgan fingerprint density at radius 1 is 1.45 bits per heavy atom. The summed E-state index contributed by atoms with van der Waals surface area (Å²) in [5.41, 5.74) is 0. The van der Waals surface area contributed by atoms with Crippen molar-refractivity contribution in [1.82, 2.24) is 19.3 Å². The summed E-state index contributed by atoms with van der Waals surface area (Å²) in [5, 5.41) is 6.22. The molecule has 0 aliphatic heterocycles. The fourth-order valence-electron chi connectivity index (χ4n) is 1.79. The van der Waals surface area contributed by atoms with Crippen LogP contribution in [0.3, 0.4) is 0 Å². The van der Waals surface area contributed by atoms with Crippen molar-refractivity contribution in [2.75, 3.05) is 26.7 Å². The van der Waals surface area contributed by atoms with Gasteiger partial charge in [-0.1, -0.05) is 0 Å². The van der Waals surface area contributed by atoms with E-state index < -0.39 is 10.2 Å². The number of rotatable bonds is 10. The van der Waals surface area contributed by atoms with Crippen molar-refractivity contribution in [2.45, 2.75) is 31.7 Å². The smallest absolute Gasteiger partial charge is 0.279 e. The molecule has 20 heavy (non-hydrogen) atoms. The summed E-state index contributed by atoms with van der Waals surface area (Å²) < 4.78 is 27.9. The molecule has 1 fully saturated rings. The van der Waals surface area contributed by atoms with Gasteiger partial charge in [0.1, 0.15) is 0 Å². The van der Waals surface area contributed by atoms with Gasteiger partial charge in [-0.25, -0.2) is 9.71 Å². The van der Waals surface area contributed by atoms with Crippen molar-refractivity contribution < 1.29 is 8.42 Å². The highest BCUT2D eigenvalue weighted by Crippen LogP contribution is 2.18. The SMILES string of the molecule is CN(CCCNC1CC1)S(=O)(=O)NCCc1nccs1. The molecule has 8 heteroatoms. The van der Waals surface area contributed by atoms with Crippen LogP contribution >= 0.6 is 11.3 Å². The summed E-state index contributed by atoms with van der Waals surface area (Å²) in [6.45, 7) is 1.80. The quantitative estimate of drug-likeness (QED) is 0.619. The van der Waals surface area contributed by atoms with Crippen LogP contribution in [-0.4, -0.2) is 50.4 Å². The van der Waals surface area contributed by atoms with E-state index in [9.17, 15) is 8.42 Å². The van der Waals surface area contributed by atoms with Crippen LogP contribution in [0.2, 0.25) is 0 Å². The third-order valence-electron chi connectivity index (χ3n) is 3.18. The third-order valence-corrected chi connectivity index (χ3v) is 5.59. The zero-order chi connectivity index (χ0) is 14.4. The summed E-state index contributed by atoms with van der Waals surface area (Å²) in [5.74, 6) is 0. The van der Waals surface area contributed by atoms with Crippen LogP contribution in [0.1, 0.15) is 24.3 Å². The Hall–Kier alpha value is -0.540. The van der Waals surface area contributed by atoms with Crippen molar-refractivity contribution in [3.05, 3.63) is 16.6 Å². The molecule has 0 amide bonds. The molecule has 1 aromatic rings. The molecule has 0 atom stereocenters.